The lowest BCUT2D eigenvalue weighted by atomic mass is 10.1. The van der Waals surface area contributed by atoms with E-state index >= 15 is 0 Å². The fraction of sp³-hybridized carbons (Fsp3) is 0.667. The highest BCUT2D eigenvalue weighted by molar-refractivity contribution is 7.09. The summed E-state index contributed by atoms with van der Waals surface area (Å²) in [4.78, 5) is 1.48. The number of ether oxygens (including phenoxy) is 1. The van der Waals surface area contributed by atoms with E-state index in [4.69, 9.17) is 4.74 Å². The minimum atomic E-state index is 0.582. The van der Waals surface area contributed by atoms with Crippen LogP contribution in [0.5, 0.6) is 0 Å². The maximum absolute atomic E-state index is 5.37. The molecule has 15 heavy (non-hydrogen) atoms. The molecule has 3 heteroatoms. The lowest BCUT2D eigenvalue weighted by Gasteiger charge is -2.15. The van der Waals surface area contributed by atoms with Crippen LogP contribution in [0.4, 0.5) is 0 Å². The van der Waals surface area contributed by atoms with Gasteiger partial charge < -0.3 is 10.1 Å². The molecule has 0 amide bonds. The van der Waals surface area contributed by atoms with Crippen molar-refractivity contribution >= 4 is 11.3 Å². The van der Waals surface area contributed by atoms with Crippen LogP contribution in [0.15, 0.2) is 17.5 Å². The third kappa shape index (κ3) is 5.30. The molecular formula is C12H21NOS. The zero-order valence-electron chi connectivity index (χ0n) is 9.66. The third-order valence-corrected chi connectivity index (χ3v) is 3.48. The van der Waals surface area contributed by atoms with Crippen molar-refractivity contribution < 1.29 is 4.74 Å². The van der Waals surface area contributed by atoms with E-state index < -0.39 is 0 Å². The fourth-order valence-corrected chi connectivity index (χ4v) is 2.30. The average molecular weight is 227 g/mol. The van der Waals surface area contributed by atoms with Crippen molar-refractivity contribution in [3.63, 3.8) is 0 Å². The summed E-state index contributed by atoms with van der Waals surface area (Å²) in [6.45, 7) is 3.73. The Balaban J connectivity index is 2.16. The van der Waals surface area contributed by atoms with E-state index in [1.54, 1.807) is 0 Å². The van der Waals surface area contributed by atoms with Crippen LogP contribution >= 0.6 is 11.3 Å². The van der Waals surface area contributed by atoms with Crippen LogP contribution in [0.1, 0.15) is 24.6 Å². The van der Waals surface area contributed by atoms with E-state index in [0.717, 1.165) is 19.6 Å². The second-order valence-corrected chi connectivity index (χ2v) is 4.62. The molecular weight excluding hydrogens is 206 g/mol. The number of rotatable bonds is 8. The van der Waals surface area contributed by atoms with Crippen molar-refractivity contribution in [2.45, 2.75) is 32.2 Å². The van der Waals surface area contributed by atoms with Gasteiger partial charge in [-0.2, -0.15) is 0 Å². The van der Waals surface area contributed by atoms with Gasteiger partial charge in [0.1, 0.15) is 0 Å². The molecule has 1 aromatic heterocycles. The van der Waals surface area contributed by atoms with E-state index in [1.807, 2.05) is 25.3 Å². The monoisotopic (exact) mass is 227 g/mol. The summed E-state index contributed by atoms with van der Waals surface area (Å²) in [6.07, 6.45) is 3.48. The van der Waals surface area contributed by atoms with E-state index in [9.17, 15) is 0 Å². The highest BCUT2D eigenvalue weighted by Gasteiger charge is 2.06. The fourth-order valence-electron chi connectivity index (χ4n) is 1.57. The van der Waals surface area contributed by atoms with Crippen LogP contribution in [-0.4, -0.2) is 26.3 Å². The van der Waals surface area contributed by atoms with Gasteiger partial charge in [0.15, 0.2) is 0 Å². The minimum absolute atomic E-state index is 0.582. The number of hydrogen-bond acceptors (Lipinski definition) is 3. The van der Waals surface area contributed by atoms with Crippen LogP contribution in [0.25, 0.3) is 0 Å². The maximum Gasteiger partial charge on any atom is 0.0480 e. The summed E-state index contributed by atoms with van der Waals surface area (Å²) < 4.78 is 5.37. The summed E-state index contributed by atoms with van der Waals surface area (Å²) in [5, 5.41) is 5.49. The van der Waals surface area contributed by atoms with Crippen molar-refractivity contribution in [2.24, 2.45) is 0 Å². The molecule has 0 aliphatic heterocycles. The SMILES string of the molecule is CCOCCC(CCc1cccs1)NC. The maximum atomic E-state index is 5.37. The smallest absolute Gasteiger partial charge is 0.0480 e. The second kappa shape index (κ2) is 7.85. The molecule has 1 rings (SSSR count). The first kappa shape index (κ1) is 12.7. The Hall–Kier alpha value is -0.380. The molecule has 1 aromatic rings. The highest BCUT2D eigenvalue weighted by Crippen LogP contribution is 2.13. The van der Waals surface area contributed by atoms with Gasteiger partial charge in [-0.15, -0.1) is 11.3 Å². The van der Waals surface area contributed by atoms with Gasteiger partial charge in [0.25, 0.3) is 0 Å². The predicted octanol–water partition coefficient (Wildman–Crippen LogP) is 2.70. The van der Waals surface area contributed by atoms with E-state index in [-0.39, 0.29) is 0 Å². The van der Waals surface area contributed by atoms with E-state index in [0.29, 0.717) is 6.04 Å². The van der Waals surface area contributed by atoms with Crippen LogP contribution in [-0.2, 0) is 11.2 Å². The molecule has 1 heterocycles. The van der Waals surface area contributed by atoms with Gasteiger partial charge in [0, 0.05) is 24.1 Å². The van der Waals surface area contributed by atoms with Crippen molar-refractivity contribution in [2.75, 3.05) is 20.3 Å². The average Bonchev–Trinajstić information content (AvgIpc) is 2.76. The summed E-state index contributed by atoms with van der Waals surface area (Å²) in [7, 11) is 2.03. The predicted molar refractivity (Wildman–Crippen MR) is 66.6 cm³/mol. The molecule has 0 radical (unpaired) electrons. The van der Waals surface area contributed by atoms with Gasteiger partial charge in [-0.1, -0.05) is 6.07 Å². The quantitative estimate of drug-likeness (QED) is 0.689. The first-order chi connectivity index (χ1) is 7.36. The zero-order chi connectivity index (χ0) is 10.9. The summed E-state index contributed by atoms with van der Waals surface area (Å²) in [5.41, 5.74) is 0. The molecule has 0 spiro atoms. The standard InChI is InChI=1S/C12H21NOS/c1-3-14-9-8-11(13-2)6-7-12-5-4-10-15-12/h4-5,10-11,13H,3,6-9H2,1-2H3. The van der Waals surface area contributed by atoms with Crippen LogP contribution < -0.4 is 5.32 Å². The summed E-state index contributed by atoms with van der Waals surface area (Å²) in [5.74, 6) is 0. The molecule has 0 bridgehead atoms. The zero-order valence-corrected chi connectivity index (χ0v) is 10.5. The molecule has 0 aliphatic carbocycles. The van der Waals surface area contributed by atoms with Gasteiger partial charge in [0.05, 0.1) is 0 Å². The Bertz CT molecular complexity index is 236. The molecule has 1 atom stereocenters. The molecule has 0 aromatic carbocycles. The highest BCUT2D eigenvalue weighted by atomic mass is 32.1. The molecule has 1 unspecified atom stereocenters. The van der Waals surface area contributed by atoms with Crippen molar-refractivity contribution in [3.8, 4) is 0 Å². The lowest BCUT2D eigenvalue weighted by Crippen LogP contribution is -2.27. The molecule has 0 aliphatic rings. The number of hydrogen-bond donors (Lipinski definition) is 1. The van der Waals surface area contributed by atoms with Gasteiger partial charge in [-0.05, 0) is 44.7 Å². The minimum Gasteiger partial charge on any atom is -0.382 e. The Morgan fingerprint density at radius 2 is 2.33 bits per heavy atom. The van der Waals surface area contributed by atoms with Gasteiger partial charge >= 0.3 is 0 Å². The van der Waals surface area contributed by atoms with Gasteiger partial charge in [-0.3, -0.25) is 0 Å². The molecule has 0 saturated carbocycles. The molecule has 0 fully saturated rings. The topological polar surface area (TPSA) is 21.3 Å². The first-order valence-electron chi connectivity index (χ1n) is 5.64. The number of aryl methyl sites for hydroxylation is 1. The third-order valence-electron chi connectivity index (χ3n) is 2.54. The normalized spacial score (nSPS) is 12.9. The van der Waals surface area contributed by atoms with Crippen LogP contribution in [0.3, 0.4) is 0 Å². The second-order valence-electron chi connectivity index (χ2n) is 3.59. The first-order valence-corrected chi connectivity index (χ1v) is 6.52. The molecule has 2 nitrogen and oxygen atoms in total. The van der Waals surface area contributed by atoms with Crippen molar-refractivity contribution in [1.29, 1.82) is 0 Å². The lowest BCUT2D eigenvalue weighted by molar-refractivity contribution is 0.136. The Morgan fingerprint density at radius 1 is 1.47 bits per heavy atom. The summed E-state index contributed by atoms with van der Waals surface area (Å²) in [6, 6.07) is 4.91. The Kier molecular flexibility index (Phi) is 6.64. The Morgan fingerprint density at radius 3 is 2.93 bits per heavy atom. The van der Waals surface area contributed by atoms with Crippen LogP contribution in [0, 0.1) is 0 Å². The molecule has 1 N–H and O–H groups in total. The Labute approximate surface area is 96.7 Å². The van der Waals surface area contributed by atoms with Crippen molar-refractivity contribution in [1.82, 2.24) is 5.32 Å². The van der Waals surface area contributed by atoms with Gasteiger partial charge in [0.2, 0.25) is 0 Å². The largest absolute Gasteiger partial charge is 0.382 e. The van der Waals surface area contributed by atoms with Gasteiger partial charge in [-0.25, -0.2) is 0 Å². The van der Waals surface area contributed by atoms with E-state index in [1.165, 1.54) is 17.7 Å². The number of thiophene rings is 1. The number of nitrogens with one attached hydrogen (secondary N) is 1. The molecule has 86 valence electrons. The summed E-state index contributed by atoms with van der Waals surface area (Å²) >= 11 is 1.84. The van der Waals surface area contributed by atoms with Crippen molar-refractivity contribution in [3.05, 3.63) is 22.4 Å². The van der Waals surface area contributed by atoms with Crippen LogP contribution in [0.2, 0.25) is 0 Å². The van der Waals surface area contributed by atoms with E-state index in [2.05, 4.69) is 22.8 Å². The molecule has 0 saturated heterocycles.